The molecule has 0 aliphatic heterocycles. The van der Waals surface area contributed by atoms with E-state index < -0.39 is 6.10 Å². The normalized spacial score (nSPS) is 22.8. The molecule has 1 aromatic carbocycles. The number of aliphatic hydroxyl groups is 1. The van der Waals surface area contributed by atoms with Crippen LogP contribution in [0.5, 0.6) is 5.75 Å². The van der Waals surface area contributed by atoms with Crippen LogP contribution in [0, 0.1) is 11.3 Å². The average Bonchev–Trinajstić information content (AvgIpc) is 2.45. The second-order valence-corrected chi connectivity index (χ2v) is 7.68. The summed E-state index contributed by atoms with van der Waals surface area (Å²) in [5, 5.41) is 10.8. The average molecular weight is 355 g/mol. The van der Waals surface area contributed by atoms with E-state index in [2.05, 4.69) is 36.7 Å². The van der Waals surface area contributed by atoms with Crippen LogP contribution >= 0.6 is 15.9 Å². The number of hydrogen-bond acceptors (Lipinski definition) is 2. The van der Waals surface area contributed by atoms with Gasteiger partial charge in [0.1, 0.15) is 5.75 Å². The minimum atomic E-state index is -0.392. The number of benzene rings is 1. The SMILES string of the molecule is CCCOc1ccc(C(O)C2CCCCC2(C)C)cc1Br. The molecule has 0 radical (unpaired) electrons. The quantitative estimate of drug-likeness (QED) is 0.757. The second-order valence-electron chi connectivity index (χ2n) is 6.82. The molecule has 0 aromatic heterocycles. The first-order valence-electron chi connectivity index (χ1n) is 8.06. The van der Waals surface area contributed by atoms with Crippen LogP contribution in [0.15, 0.2) is 22.7 Å². The van der Waals surface area contributed by atoms with Crippen LogP contribution in [0.1, 0.15) is 64.5 Å². The summed E-state index contributed by atoms with van der Waals surface area (Å²) in [6.07, 6.45) is 5.42. The van der Waals surface area contributed by atoms with Gasteiger partial charge in [0.15, 0.2) is 0 Å². The summed E-state index contributed by atoms with van der Waals surface area (Å²) in [5.74, 6) is 1.19. The molecule has 1 aromatic rings. The van der Waals surface area contributed by atoms with Crippen molar-refractivity contribution < 1.29 is 9.84 Å². The molecule has 1 N–H and O–H groups in total. The van der Waals surface area contributed by atoms with Crippen molar-refractivity contribution in [2.75, 3.05) is 6.61 Å². The van der Waals surface area contributed by atoms with Gasteiger partial charge in [0.25, 0.3) is 0 Å². The molecule has 1 fully saturated rings. The van der Waals surface area contributed by atoms with Gasteiger partial charge in [-0.2, -0.15) is 0 Å². The summed E-state index contributed by atoms with van der Waals surface area (Å²) in [6, 6.07) is 5.99. The Morgan fingerprint density at radius 3 is 2.76 bits per heavy atom. The summed E-state index contributed by atoms with van der Waals surface area (Å²) in [5.41, 5.74) is 1.20. The highest BCUT2D eigenvalue weighted by Crippen LogP contribution is 2.47. The lowest BCUT2D eigenvalue weighted by Crippen LogP contribution is -2.32. The van der Waals surface area contributed by atoms with E-state index in [-0.39, 0.29) is 5.41 Å². The zero-order chi connectivity index (χ0) is 15.5. The zero-order valence-corrected chi connectivity index (χ0v) is 14.9. The van der Waals surface area contributed by atoms with Gasteiger partial charge in [0.05, 0.1) is 17.2 Å². The molecule has 2 atom stereocenters. The third kappa shape index (κ3) is 4.01. The van der Waals surface area contributed by atoms with Crippen LogP contribution in [0.4, 0.5) is 0 Å². The summed E-state index contributed by atoms with van der Waals surface area (Å²) < 4.78 is 6.61. The van der Waals surface area contributed by atoms with Gasteiger partial charge in [0, 0.05) is 0 Å². The largest absolute Gasteiger partial charge is 0.492 e. The molecule has 1 aliphatic rings. The molecule has 2 unspecified atom stereocenters. The van der Waals surface area contributed by atoms with Crippen LogP contribution in [-0.4, -0.2) is 11.7 Å². The van der Waals surface area contributed by atoms with Crippen LogP contribution in [0.3, 0.4) is 0 Å². The number of hydrogen-bond donors (Lipinski definition) is 1. The Kier molecular flexibility index (Phi) is 5.73. The van der Waals surface area contributed by atoms with Crippen molar-refractivity contribution in [3.05, 3.63) is 28.2 Å². The van der Waals surface area contributed by atoms with Crippen molar-refractivity contribution in [2.45, 2.75) is 59.0 Å². The number of aliphatic hydroxyl groups excluding tert-OH is 1. The summed E-state index contributed by atoms with van der Waals surface area (Å²) >= 11 is 3.56. The van der Waals surface area contributed by atoms with E-state index in [0.29, 0.717) is 5.92 Å². The molecule has 2 rings (SSSR count). The van der Waals surface area contributed by atoms with Crippen LogP contribution < -0.4 is 4.74 Å². The maximum Gasteiger partial charge on any atom is 0.133 e. The lowest BCUT2D eigenvalue weighted by Gasteiger charge is -2.41. The molecule has 1 saturated carbocycles. The standard InChI is InChI=1S/C18H27BrO2/c1-4-11-21-16-9-8-13(12-15(16)19)17(20)14-7-5-6-10-18(14,2)3/h8-9,12,14,17,20H,4-7,10-11H2,1-3H3. The monoisotopic (exact) mass is 354 g/mol. The van der Waals surface area contributed by atoms with Crippen molar-refractivity contribution in [3.8, 4) is 5.75 Å². The first-order chi connectivity index (χ1) is 9.95. The fourth-order valence-corrected chi connectivity index (χ4v) is 3.88. The fourth-order valence-electron chi connectivity index (χ4n) is 3.37. The fraction of sp³-hybridized carbons (Fsp3) is 0.667. The summed E-state index contributed by atoms with van der Waals surface area (Å²) in [7, 11) is 0. The number of ether oxygens (including phenoxy) is 1. The third-order valence-corrected chi connectivity index (χ3v) is 5.35. The van der Waals surface area contributed by atoms with E-state index in [1.807, 2.05) is 18.2 Å². The third-order valence-electron chi connectivity index (χ3n) is 4.73. The van der Waals surface area contributed by atoms with Gasteiger partial charge in [-0.05, 0) is 64.2 Å². The zero-order valence-electron chi connectivity index (χ0n) is 13.4. The Labute approximate surface area is 137 Å². The highest BCUT2D eigenvalue weighted by atomic mass is 79.9. The van der Waals surface area contributed by atoms with E-state index in [1.54, 1.807) is 0 Å². The first kappa shape index (κ1) is 16.8. The number of halogens is 1. The van der Waals surface area contributed by atoms with Gasteiger partial charge >= 0.3 is 0 Å². The van der Waals surface area contributed by atoms with Crippen molar-refractivity contribution in [2.24, 2.45) is 11.3 Å². The minimum absolute atomic E-state index is 0.210. The molecule has 118 valence electrons. The van der Waals surface area contributed by atoms with E-state index in [1.165, 1.54) is 19.3 Å². The van der Waals surface area contributed by atoms with Crippen LogP contribution in [0.2, 0.25) is 0 Å². The van der Waals surface area contributed by atoms with E-state index in [4.69, 9.17) is 4.74 Å². The first-order valence-corrected chi connectivity index (χ1v) is 8.85. The molecule has 21 heavy (non-hydrogen) atoms. The Morgan fingerprint density at radius 2 is 2.14 bits per heavy atom. The predicted molar refractivity (Wildman–Crippen MR) is 90.6 cm³/mol. The van der Waals surface area contributed by atoms with Gasteiger partial charge in [-0.1, -0.05) is 39.7 Å². The molecule has 2 nitrogen and oxygen atoms in total. The summed E-state index contributed by atoms with van der Waals surface area (Å²) in [6.45, 7) is 7.38. The topological polar surface area (TPSA) is 29.5 Å². The van der Waals surface area contributed by atoms with Gasteiger partial charge in [-0.15, -0.1) is 0 Å². The lowest BCUT2D eigenvalue weighted by molar-refractivity contribution is 0.00380. The molecule has 1 aliphatic carbocycles. The van der Waals surface area contributed by atoms with Crippen LogP contribution in [0.25, 0.3) is 0 Å². The Bertz CT molecular complexity index is 470. The Morgan fingerprint density at radius 1 is 1.38 bits per heavy atom. The second kappa shape index (κ2) is 7.15. The molecule has 0 saturated heterocycles. The predicted octanol–water partition coefficient (Wildman–Crippen LogP) is 5.49. The van der Waals surface area contributed by atoms with Crippen molar-refractivity contribution in [1.29, 1.82) is 0 Å². The van der Waals surface area contributed by atoms with Crippen molar-refractivity contribution in [3.63, 3.8) is 0 Å². The molecule has 3 heteroatoms. The van der Waals surface area contributed by atoms with E-state index in [9.17, 15) is 5.11 Å². The molecular formula is C18H27BrO2. The molecule has 0 bridgehead atoms. The van der Waals surface area contributed by atoms with E-state index >= 15 is 0 Å². The summed E-state index contributed by atoms with van der Waals surface area (Å²) in [4.78, 5) is 0. The molecule has 0 spiro atoms. The van der Waals surface area contributed by atoms with Gasteiger partial charge in [-0.25, -0.2) is 0 Å². The van der Waals surface area contributed by atoms with Crippen LogP contribution in [-0.2, 0) is 0 Å². The lowest BCUT2D eigenvalue weighted by atomic mass is 9.65. The number of rotatable bonds is 5. The Hall–Kier alpha value is -0.540. The smallest absolute Gasteiger partial charge is 0.133 e. The molecular weight excluding hydrogens is 328 g/mol. The highest BCUT2D eigenvalue weighted by molar-refractivity contribution is 9.10. The van der Waals surface area contributed by atoms with Gasteiger partial charge in [-0.3, -0.25) is 0 Å². The van der Waals surface area contributed by atoms with Crippen molar-refractivity contribution in [1.82, 2.24) is 0 Å². The van der Waals surface area contributed by atoms with Crippen molar-refractivity contribution >= 4 is 15.9 Å². The highest BCUT2D eigenvalue weighted by Gasteiger charge is 2.37. The maximum absolute atomic E-state index is 10.8. The Balaban J connectivity index is 2.15. The van der Waals surface area contributed by atoms with Gasteiger partial charge in [0.2, 0.25) is 0 Å². The maximum atomic E-state index is 10.8. The van der Waals surface area contributed by atoms with Gasteiger partial charge < -0.3 is 9.84 Å². The van der Waals surface area contributed by atoms with E-state index in [0.717, 1.165) is 35.2 Å². The molecule has 0 heterocycles. The molecule has 0 amide bonds. The minimum Gasteiger partial charge on any atom is -0.492 e.